The van der Waals surface area contributed by atoms with Gasteiger partial charge in [0.1, 0.15) is 5.76 Å². The van der Waals surface area contributed by atoms with Crippen LogP contribution in [0.15, 0.2) is 41.0 Å². The summed E-state index contributed by atoms with van der Waals surface area (Å²) in [5.41, 5.74) is 4.03. The first-order chi connectivity index (χ1) is 9.65. The van der Waals surface area contributed by atoms with E-state index in [-0.39, 0.29) is 0 Å². The molecule has 0 aliphatic carbocycles. The molecule has 2 nitrogen and oxygen atoms in total. The largest absolute Gasteiger partial charge is 0.469 e. The molecule has 0 aliphatic rings. The molecule has 0 bridgehead atoms. The topological polar surface area (TPSA) is 25.2 Å². The maximum Gasteiger partial charge on any atom is 0.108 e. The van der Waals surface area contributed by atoms with E-state index in [1.54, 1.807) is 6.26 Å². The Morgan fingerprint density at radius 2 is 1.80 bits per heavy atom. The molecule has 0 saturated heterocycles. The van der Waals surface area contributed by atoms with Crippen LogP contribution in [0.4, 0.5) is 0 Å². The molecule has 1 unspecified atom stereocenters. The van der Waals surface area contributed by atoms with Crippen molar-refractivity contribution in [3.8, 4) is 0 Å². The number of furan rings is 1. The minimum Gasteiger partial charge on any atom is -0.469 e. The lowest BCUT2D eigenvalue weighted by Gasteiger charge is -2.17. The maximum atomic E-state index is 5.54. The molecule has 1 N–H and O–H groups in total. The lowest BCUT2D eigenvalue weighted by molar-refractivity contribution is 0.495. The first-order valence-corrected chi connectivity index (χ1v) is 7.48. The zero-order valence-corrected chi connectivity index (χ0v) is 12.9. The van der Waals surface area contributed by atoms with E-state index in [1.165, 1.54) is 16.7 Å². The van der Waals surface area contributed by atoms with Crippen molar-refractivity contribution in [3.63, 3.8) is 0 Å². The molecule has 0 saturated carbocycles. The van der Waals surface area contributed by atoms with E-state index in [0.717, 1.165) is 18.6 Å². The summed E-state index contributed by atoms with van der Waals surface area (Å²) in [6.45, 7) is 6.58. The number of hydrogen-bond acceptors (Lipinski definition) is 2. The number of likely N-dealkylation sites (N-methyl/N-ethyl adjacent to an activating group) is 1. The van der Waals surface area contributed by atoms with Crippen LogP contribution in [0.25, 0.3) is 0 Å². The van der Waals surface area contributed by atoms with Crippen LogP contribution < -0.4 is 5.32 Å². The first kappa shape index (κ1) is 14.9. The number of hydrogen-bond donors (Lipinski definition) is 1. The van der Waals surface area contributed by atoms with E-state index in [2.05, 4.69) is 56.4 Å². The van der Waals surface area contributed by atoms with E-state index in [9.17, 15) is 0 Å². The van der Waals surface area contributed by atoms with Gasteiger partial charge in [0.05, 0.1) is 6.26 Å². The van der Waals surface area contributed by atoms with Gasteiger partial charge in [-0.25, -0.2) is 0 Å². The van der Waals surface area contributed by atoms with Gasteiger partial charge < -0.3 is 9.73 Å². The van der Waals surface area contributed by atoms with Crippen LogP contribution in [0.1, 0.15) is 55.2 Å². The summed E-state index contributed by atoms with van der Waals surface area (Å²) in [5, 5.41) is 3.41. The number of aryl methyl sites for hydroxylation is 1. The minimum absolute atomic E-state index is 0.314. The Morgan fingerprint density at radius 3 is 2.35 bits per heavy atom. The van der Waals surface area contributed by atoms with E-state index >= 15 is 0 Å². The summed E-state index contributed by atoms with van der Waals surface area (Å²) in [7, 11) is 2.01. The second kappa shape index (κ2) is 6.76. The van der Waals surface area contributed by atoms with Crippen molar-refractivity contribution in [1.29, 1.82) is 0 Å². The Balaban J connectivity index is 2.14. The molecule has 0 amide bonds. The van der Waals surface area contributed by atoms with Gasteiger partial charge >= 0.3 is 0 Å². The van der Waals surface area contributed by atoms with Gasteiger partial charge in [-0.05, 0) is 36.6 Å². The van der Waals surface area contributed by atoms with Gasteiger partial charge in [0.15, 0.2) is 0 Å². The Kier molecular flexibility index (Phi) is 5.02. The van der Waals surface area contributed by atoms with Crippen LogP contribution in [0.3, 0.4) is 0 Å². The molecule has 1 atom stereocenters. The molecule has 0 spiro atoms. The van der Waals surface area contributed by atoms with Crippen molar-refractivity contribution >= 4 is 0 Å². The fourth-order valence-electron chi connectivity index (χ4n) is 2.59. The van der Waals surface area contributed by atoms with E-state index < -0.39 is 0 Å². The van der Waals surface area contributed by atoms with Gasteiger partial charge in [0.25, 0.3) is 0 Å². The lowest BCUT2D eigenvalue weighted by atomic mass is 9.96. The van der Waals surface area contributed by atoms with Crippen LogP contribution in [0.5, 0.6) is 0 Å². The SMILES string of the molecule is CCc1occc1C(Cc1ccc(C(C)C)cc1)NC. The third-order valence-corrected chi connectivity index (χ3v) is 3.91. The van der Waals surface area contributed by atoms with Gasteiger partial charge in [0, 0.05) is 18.0 Å². The van der Waals surface area contributed by atoms with Gasteiger partial charge in [-0.2, -0.15) is 0 Å². The summed E-state index contributed by atoms with van der Waals surface area (Å²) in [5.74, 6) is 1.67. The average Bonchev–Trinajstić information content (AvgIpc) is 2.93. The zero-order chi connectivity index (χ0) is 14.5. The van der Waals surface area contributed by atoms with Crippen molar-refractivity contribution < 1.29 is 4.42 Å². The standard InChI is InChI=1S/C18H25NO/c1-5-18-16(10-11-20-18)17(19-4)12-14-6-8-15(9-7-14)13(2)3/h6-11,13,17,19H,5,12H2,1-4H3. The zero-order valence-electron chi connectivity index (χ0n) is 12.9. The Morgan fingerprint density at radius 1 is 1.10 bits per heavy atom. The molecule has 1 aromatic carbocycles. The quantitative estimate of drug-likeness (QED) is 0.838. The molecular weight excluding hydrogens is 246 g/mol. The number of nitrogens with one attached hydrogen (secondary N) is 1. The molecule has 2 heteroatoms. The number of benzene rings is 1. The monoisotopic (exact) mass is 271 g/mol. The summed E-state index contributed by atoms with van der Waals surface area (Å²) in [4.78, 5) is 0. The molecule has 20 heavy (non-hydrogen) atoms. The first-order valence-electron chi connectivity index (χ1n) is 7.48. The van der Waals surface area contributed by atoms with Crippen LogP contribution in [0, 0.1) is 0 Å². The van der Waals surface area contributed by atoms with Gasteiger partial charge in [-0.3, -0.25) is 0 Å². The molecule has 0 aliphatic heterocycles. The molecule has 108 valence electrons. The molecule has 0 radical (unpaired) electrons. The van der Waals surface area contributed by atoms with Crippen LogP contribution in [0.2, 0.25) is 0 Å². The third kappa shape index (κ3) is 3.31. The van der Waals surface area contributed by atoms with Crippen molar-refractivity contribution in [1.82, 2.24) is 5.32 Å². The van der Waals surface area contributed by atoms with Crippen molar-refractivity contribution in [2.75, 3.05) is 7.05 Å². The predicted molar refractivity (Wildman–Crippen MR) is 84.1 cm³/mol. The minimum atomic E-state index is 0.314. The molecule has 2 aromatic rings. The smallest absolute Gasteiger partial charge is 0.108 e. The van der Waals surface area contributed by atoms with E-state index in [4.69, 9.17) is 4.42 Å². The van der Waals surface area contributed by atoms with Crippen LogP contribution in [-0.4, -0.2) is 7.05 Å². The van der Waals surface area contributed by atoms with Gasteiger partial charge in [-0.1, -0.05) is 45.0 Å². The second-order valence-corrected chi connectivity index (χ2v) is 5.59. The van der Waals surface area contributed by atoms with Crippen molar-refractivity contribution in [2.45, 2.75) is 45.6 Å². The Bertz CT molecular complexity index is 525. The molecule has 1 aromatic heterocycles. The highest BCUT2D eigenvalue weighted by Crippen LogP contribution is 2.24. The summed E-state index contributed by atoms with van der Waals surface area (Å²) < 4.78 is 5.54. The van der Waals surface area contributed by atoms with Crippen molar-refractivity contribution in [2.24, 2.45) is 0 Å². The van der Waals surface area contributed by atoms with Crippen LogP contribution in [-0.2, 0) is 12.8 Å². The highest BCUT2D eigenvalue weighted by molar-refractivity contribution is 5.28. The van der Waals surface area contributed by atoms with E-state index in [1.807, 2.05) is 7.05 Å². The van der Waals surface area contributed by atoms with Gasteiger partial charge in [0.2, 0.25) is 0 Å². The molecule has 2 rings (SSSR count). The van der Waals surface area contributed by atoms with E-state index in [0.29, 0.717) is 12.0 Å². The average molecular weight is 271 g/mol. The fraction of sp³-hybridized carbons (Fsp3) is 0.444. The lowest BCUT2D eigenvalue weighted by Crippen LogP contribution is -2.19. The molecule has 0 fully saturated rings. The third-order valence-electron chi connectivity index (χ3n) is 3.91. The predicted octanol–water partition coefficient (Wildman–Crippen LogP) is 4.47. The van der Waals surface area contributed by atoms with Crippen molar-refractivity contribution in [3.05, 3.63) is 59.0 Å². The molecular formula is C18H25NO. The maximum absolute atomic E-state index is 5.54. The summed E-state index contributed by atoms with van der Waals surface area (Å²) >= 11 is 0. The normalized spacial score (nSPS) is 12.8. The highest BCUT2D eigenvalue weighted by atomic mass is 16.3. The summed E-state index contributed by atoms with van der Waals surface area (Å²) in [6.07, 6.45) is 3.72. The molecule has 1 heterocycles. The highest BCUT2D eigenvalue weighted by Gasteiger charge is 2.16. The Hall–Kier alpha value is -1.54. The van der Waals surface area contributed by atoms with Gasteiger partial charge in [-0.15, -0.1) is 0 Å². The van der Waals surface area contributed by atoms with Crippen LogP contribution >= 0.6 is 0 Å². The fourth-order valence-corrected chi connectivity index (χ4v) is 2.59. The Labute approximate surface area is 122 Å². The summed E-state index contributed by atoms with van der Waals surface area (Å²) in [6, 6.07) is 11.4. The second-order valence-electron chi connectivity index (χ2n) is 5.59. The number of rotatable bonds is 6.